The lowest BCUT2D eigenvalue weighted by molar-refractivity contribution is 0.0105. The largest absolute Gasteiger partial charge is 0.444 e. The molecule has 2 heterocycles. The van der Waals surface area contributed by atoms with Gasteiger partial charge in [-0.15, -0.1) is 0 Å². The van der Waals surface area contributed by atoms with Gasteiger partial charge in [-0.25, -0.2) is 4.79 Å². The molecule has 23 heavy (non-hydrogen) atoms. The lowest BCUT2D eigenvalue weighted by Crippen LogP contribution is -2.55. The van der Waals surface area contributed by atoms with Gasteiger partial charge in [-0.1, -0.05) is 0 Å². The van der Waals surface area contributed by atoms with Crippen LogP contribution in [0, 0.1) is 0 Å². The molecule has 0 aromatic carbocycles. The molecule has 2 fully saturated rings. The first kappa shape index (κ1) is 18.5. The number of alkyl carbamates (subject to hydrolysis) is 1. The molecule has 0 aromatic heterocycles. The van der Waals surface area contributed by atoms with Gasteiger partial charge in [0.15, 0.2) is 0 Å². The number of likely N-dealkylation sites (N-methyl/N-ethyl adjacent to an activating group) is 1. The highest BCUT2D eigenvalue weighted by molar-refractivity contribution is 5.68. The van der Waals surface area contributed by atoms with Gasteiger partial charge < -0.3 is 24.6 Å². The maximum Gasteiger partial charge on any atom is 0.408 e. The van der Waals surface area contributed by atoms with E-state index in [4.69, 9.17) is 9.47 Å². The van der Waals surface area contributed by atoms with E-state index in [0.29, 0.717) is 13.2 Å². The SMILES string of the molecule is CN1CCN(CCC2(NC(=O)OC(C)(C)C)CCOCC2)CC1. The Kier molecular flexibility index (Phi) is 6.28. The second-order valence-corrected chi connectivity index (χ2v) is 7.91. The fraction of sp³-hybridized carbons (Fsp3) is 0.941. The van der Waals surface area contributed by atoms with Crippen molar-refractivity contribution in [3.05, 3.63) is 0 Å². The predicted octanol–water partition coefficient (Wildman–Crippen LogP) is 1.70. The second kappa shape index (κ2) is 7.81. The number of ether oxygens (including phenoxy) is 2. The third-order valence-corrected chi connectivity index (χ3v) is 4.72. The number of carbonyl (C=O) groups is 1. The molecule has 0 saturated carbocycles. The standard InChI is InChI=1S/C17H33N3O3/c1-16(2,3)23-15(21)18-17(6-13-22-14-7-17)5-8-20-11-9-19(4)10-12-20/h5-14H2,1-4H3,(H,18,21). The third kappa shape index (κ3) is 6.28. The molecular weight excluding hydrogens is 294 g/mol. The van der Waals surface area contributed by atoms with Gasteiger partial charge in [-0.2, -0.15) is 0 Å². The Morgan fingerprint density at radius 3 is 2.35 bits per heavy atom. The van der Waals surface area contributed by atoms with Crippen molar-refractivity contribution in [1.82, 2.24) is 15.1 Å². The minimum atomic E-state index is -0.464. The molecular formula is C17H33N3O3. The van der Waals surface area contributed by atoms with Crippen LogP contribution in [0.3, 0.4) is 0 Å². The Morgan fingerprint density at radius 2 is 1.78 bits per heavy atom. The minimum absolute atomic E-state index is 0.191. The molecule has 1 amide bonds. The molecule has 134 valence electrons. The van der Waals surface area contributed by atoms with Gasteiger partial charge in [-0.3, -0.25) is 0 Å². The van der Waals surface area contributed by atoms with E-state index in [2.05, 4.69) is 22.2 Å². The van der Waals surface area contributed by atoms with Crippen molar-refractivity contribution in [3.8, 4) is 0 Å². The smallest absolute Gasteiger partial charge is 0.408 e. The van der Waals surface area contributed by atoms with Crippen LogP contribution in [0.2, 0.25) is 0 Å². The molecule has 0 unspecified atom stereocenters. The molecule has 0 aliphatic carbocycles. The fourth-order valence-corrected chi connectivity index (χ4v) is 3.16. The number of piperazine rings is 1. The van der Waals surface area contributed by atoms with Crippen LogP contribution in [0.5, 0.6) is 0 Å². The first-order valence-electron chi connectivity index (χ1n) is 8.78. The zero-order chi connectivity index (χ0) is 16.9. The average molecular weight is 327 g/mol. The molecule has 2 rings (SSSR count). The highest BCUT2D eigenvalue weighted by atomic mass is 16.6. The number of amides is 1. The summed E-state index contributed by atoms with van der Waals surface area (Å²) in [5.41, 5.74) is -0.655. The van der Waals surface area contributed by atoms with Crippen LogP contribution in [0.4, 0.5) is 4.79 Å². The number of nitrogens with one attached hydrogen (secondary N) is 1. The summed E-state index contributed by atoms with van der Waals surface area (Å²) >= 11 is 0. The first-order chi connectivity index (χ1) is 10.8. The third-order valence-electron chi connectivity index (χ3n) is 4.72. The highest BCUT2D eigenvalue weighted by Crippen LogP contribution is 2.26. The summed E-state index contributed by atoms with van der Waals surface area (Å²) in [5.74, 6) is 0. The summed E-state index contributed by atoms with van der Waals surface area (Å²) in [6.45, 7) is 12.6. The predicted molar refractivity (Wildman–Crippen MR) is 90.7 cm³/mol. The van der Waals surface area contributed by atoms with Crippen LogP contribution in [-0.2, 0) is 9.47 Å². The Bertz CT molecular complexity index is 381. The van der Waals surface area contributed by atoms with Gasteiger partial charge in [0, 0.05) is 51.5 Å². The Labute approximate surface area is 140 Å². The van der Waals surface area contributed by atoms with Gasteiger partial charge in [0.1, 0.15) is 5.60 Å². The van der Waals surface area contributed by atoms with E-state index in [0.717, 1.165) is 52.0 Å². The number of hydrogen-bond acceptors (Lipinski definition) is 5. The zero-order valence-electron chi connectivity index (χ0n) is 15.2. The topological polar surface area (TPSA) is 54.0 Å². The van der Waals surface area contributed by atoms with Gasteiger partial charge in [0.25, 0.3) is 0 Å². The van der Waals surface area contributed by atoms with Gasteiger partial charge in [-0.05, 0) is 47.1 Å². The van der Waals surface area contributed by atoms with Crippen LogP contribution in [-0.4, -0.2) is 80.0 Å². The summed E-state index contributed by atoms with van der Waals surface area (Å²) in [6, 6.07) is 0. The van der Waals surface area contributed by atoms with Crippen molar-refractivity contribution in [2.45, 2.75) is 51.2 Å². The van der Waals surface area contributed by atoms with Crippen molar-refractivity contribution in [2.24, 2.45) is 0 Å². The first-order valence-corrected chi connectivity index (χ1v) is 8.78. The lowest BCUT2D eigenvalue weighted by atomic mass is 9.86. The summed E-state index contributed by atoms with van der Waals surface area (Å²) in [4.78, 5) is 17.1. The molecule has 0 bridgehead atoms. The Hall–Kier alpha value is -0.850. The quantitative estimate of drug-likeness (QED) is 0.852. The van der Waals surface area contributed by atoms with E-state index in [1.54, 1.807) is 0 Å². The number of rotatable bonds is 4. The second-order valence-electron chi connectivity index (χ2n) is 7.91. The van der Waals surface area contributed by atoms with Crippen LogP contribution in [0.1, 0.15) is 40.0 Å². The molecule has 2 saturated heterocycles. The normalized spacial score (nSPS) is 23.5. The lowest BCUT2D eigenvalue weighted by Gasteiger charge is -2.41. The zero-order valence-corrected chi connectivity index (χ0v) is 15.2. The van der Waals surface area contributed by atoms with Crippen molar-refractivity contribution in [1.29, 1.82) is 0 Å². The van der Waals surface area contributed by atoms with E-state index in [1.165, 1.54) is 0 Å². The molecule has 0 radical (unpaired) electrons. The van der Waals surface area contributed by atoms with Crippen LogP contribution >= 0.6 is 0 Å². The van der Waals surface area contributed by atoms with Crippen LogP contribution in [0.25, 0.3) is 0 Å². The van der Waals surface area contributed by atoms with Gasteiger partial charge in [0.05, 0.1) is 0 Å². The van der Waals surface area contributed by atoms with Gasteiger partial charge in [0.2, 0.25) is 0 Å². The number of nitrogens with zero attached hydrogens (tertiary/aromatic N) is 2. The Balaban J connectivity index is 1.89. The van der Waals surface area contributed by atoms with E-state index in [-0.39, 0.29) is 11.6 Å². The maximum absolute atomic E-state index is 12.2. The summed E-state index contributed by atoms with van der Waals surface area (Å²) in [6.07, 6.45) is 2.37. The van der Waals surface area contributed by atoms with Gasteiger partial charge >= 0.3 is 6.09 Å². The molecule has 0 aromatic rings. The molecule has 6 heteroatoms. The molecule has 1 N–H and O–H groups in total. The highest BCUT2D eigenvalue weighted by Gasteiger charge is 2.36. The van der Waals surface area contributed by atoms with Crippen molar-refractivity contribution in [3.63, 3.8) is 0 Å². The summed E-state index contributed by atoms with van der Waals surface area (Å²) < 4.78 is 11.0. The Morgan fingerprint density at radius 1 is 1.17 bits per heavy atom. The maximum atomic E-state index is 12.2. The van der Waals surface area contributed by atoms with Crippen molar-refractivity contribution >= 4 is 6.09 Å². The summed E-state index contributed by atoms with van der Waals surface area (Å²) in [7, 11) is 2.17. The molecule has 0 atom stereocenters. The van der Waals surface area contributed by atoms with E-state index in [9.17, 15) is 4.79 Å². The fourth-order valence-electron chi connectivity index (χ4n) is 3.16. The molecule has 0 spiro atoms. The van der Waals surface area contributed by atoms with E-state index >= 15 is 0 Å². The molecule has 2 aliphatic rings. The molecule has 6 nitrogen and oxygen atoms in total. The molecule has 2 aliphatic heterocycles. The van der Waals surface area contributed by atoms with Crippen LogP contribution < -0.4 is 5.32 Å². The van der Waals surface area contributed by atoms with E-state index in [1.807, 2.05) is 20.8 Å². The minimum Gasteiger partial charge on any atom is -0.444 e. The number of carbonyl (C=O) groups excluding carboxylic acids is 1. The van der Waals surface area contributed by atoms with E-state index < -0.39 is 5.60 Å². The number of hydrogen-bond donors (Lipinski definition) is 1. The van der Waals surface area contributed by atoms with Crippen molar-refractivity contribution < 1.29 is 14.3 Å². The van der Waals surface area contributed by atoms with Crippen LogP contribution in [0.15, 0.2) is 0 Å². The monoisotopic (exact) mass is 327 g/mol. The summed E-state index contributed by atoms with van der Waals surface area (Å²) in [5, 5.41) is 3.16. The average Bonchev–Trinajstić information content (AvgIpc) is 2.45. The van der Waals surface area contributed by atoms with Crippen molar-refractivity contribution in [2.75, 3.05) is 53.0 Å².